The number of pyridine rings is 1. The number of rotatable bonds is 6. The van der Waals surface area contributed by atoms with Crippen molar-refractivity contribution in [1.82, 2.24) is 14.8 Å². The monoisotopic (exact) mass is 446 g/mol. The molecule has 2 aliphatic heterocycles. The van der Waals surface area contributed by atoms with E-state index in [1.807, 2.05) is 47.1 Å². The van der Waals surface area contributed by atoms with Crippen molar-refractivity contribution in [3.8, 4) is 5.75 Å². The van der Waals surface area contributed by atoms with Crippen molar-refractivity contribution < 1.29 is 19.1 Å². The smallest absolute Gasteiger partial charge is 0.234 e. The number of hydrogen-bond acceptors (Lipinski definition) is 6. The lowest BCUT2D eigenvalue weighted by Gasteiger charge is -2.24. The zero-order valence-corrected chi connectivity index (χ0v) is 18.5. The average molecular weight is 447 g/mol. The Hall–Kier alpha value is -3.52. The summed E-state index contributed by atoms with van der Waals surface area (Å²) in [5.41, 5.74) is 2.40. The molecule has 0 spiro atoms. The lowest BCUT2D eigenvalue weighted by Crippen LogP contribution is -2.34. The molecule has 5 rings (SSSR count). The van der Waals surface area contributed by atoms with E-state index in [0.717, 1.165) is 11.3 Å². The molecule has 0 N–H and O–H groups in total. The number of ketones is 1. The van der Waals surface area contributed by atoms with Gasteiger partial charge in [-0.3, -0.25) is 19.2 Å². The maximum absolute atomic E-state index is 12.9. The SMILES string of the molecule is CN1C(=O)[C@@H](CCCC(=O)c2cc3n(n2)CCO[C@H]3c2ccccc2)COc2cccnc21. The third-order valence-electron chi connectivity index (χ3n) is 6.20. The van der Waals surface area contributed by atoms with Crippen molar-refractivity contribution in [1.29, 1.82) is 0 Å². The highest BCUT2D eigenvalue weighted by Crippen LogP contribution is 2.31. The lowest BCUT2D eigenvalue weighted by molar-refractivity contribution is -0.122. The molecule has 0 unspecified atom stereocenters. The van der Waals surface area contributed by atoms with E-state index in [0.29, 0.717) is 49.7 Å². The molecule has 0 saturated carbocycles. The second-order valence-corrected chi connectivity index (χ2v) is 8.38. The predicted molar refractivity (Wildman–Crippen MR) is 121 cm³/mol. The third kappa shape index (κ3) is 4.26. The van der Waals surface area contributed by atoms with E-state index >= 15 is 0 Å². The highest BCUT2D eigenvalue weighted by atomic mass is 16.5. The molecule has 8 heteroatoms. The summed E-state index contributed by atoms with van der Waals surface area (Å²) in [6, 6.07) is 15.4. The minimum atomic E-state index is -0.317. The van der Waals surface area contributed by atoms with Crippen LogP contribution in [-0.4, -0.2) is 46.7 Å². The van der Waals surface area contributed by atoms with Gasteiger partial charge in [0.05, 0.1) is 24.8 Å². The van der Waals surface area contributed by atoms with Crippen molar-refractivity contribution in [2.24, 2.45) is 5.92 Å². The van der Waals surface area contributed by atoms with Gasteiger partial charge in [0.2, 0.25) is 5.91 Å². The number of carbonyl (C=O) groups is 2. The van der Waals surface area contributed by atoms with Gasteiger partial charge in [-0.2, -0.15) is 5.10 Å². The van der Waals surface area contributed by atoms with Gasteiger partial charge in [-0.05, 0) is 36.6 Å². The number of ether oxygens (including phenoxy) is 2. The van der Waals surface area contributed by atoms with Crippen LogP contribution < -0.4 is 9.64 Å². The van der Waals surface area contributed by atoms with Gasteiger partial charge in [-0.15, -0.1) is 0 Å². The molecule has 0 radical (unpaired) electrons. The van der Waals surface area contributed by atoms with E-state index in [-0.39, 0.29) is 30.3 Å². The topological polar surface area (TPSA) is 86.6 Å². The van der Waals surface area contributed by atoms with E-state index in [1.54, 1.807) is 24.2 Å². The summed E-state index contributed by atoms with van der Waals surface area (Å²) in [6.07, 6.45) is 2.89. The van der Waals surface area contributed by atoms with Crippen molar-refractivity contribution in [3.05, 3.63) is 71.7 Å². The van der Waals surface area contributed by atoms with Gasteiger partial charge in [-0.25, -0.2) is 4.98 Å². The van der Waals surface area contributed by atoms with Gasteiger partial charge in [0, 0.05) is 19.7 Å². The number of amides is 1. The average Bonchev–Trinajstić information content (AvgIpc) is 3.26. The van der Waals surface area contributed by atoms with Gasteiger partial charge in [0.25, 0.3) is 0 Å². The molecule has 8 nitrogen and oxygen atoms in total. The standard InChI is InChI=1S/C25H26N4O4/c1-28-24-22(11-6-12-26-24)33-16-18(25(28)31)9-5-10-21(30)19-15-20-23(17-7-3-2-4-8-17)32-14-13-29(20)27-19/h2-4,6-8,11-12,15,18,23H,5,9-10,13-14,16H2,1H3/t18-,23-/m0/s1. The van der Waals surface area contributed by atoms with Crippen LogP contribution >= 0.6 is 0 Å². The molecular weight excluding hydrogens is 420 g/mol. The quantitative estimate of drug-likeness (QED) is 0.540. The molecule has 170 valence electrons. The summed E-state index contributed by atoms with van der Waals surface area (Å²) in [5.74, 6) is 0.748. The Bertz CT molecular complexity index is 1160. The van der Waals surface area contributed by atoms with Crippen molar-refractivity contribution in [3.63, 3.8) is 0 Å². The molecule has 2 aliphatic rings. The van der Waals surface area contributed by atoms with Gasteiger partial charge in [0.15, 0.2) is 17.4 Å². The predicted octanol–water partition coefficient (Wildman–Crippen LogP) is 3.42. The second-order valence-electron chi connectivity index (χ2n) is 8.38. The Morgan fingerprint density at radius 1 is 1.18 bits per heavy atom. The molecule has 0 bridgehead atoms. The first-order valence-corrected chi connectivity index (χ1v) is 11.2. The fourth-order valence-corrected chi connectivity index (χ4v) is 4.43. The number of carbonyl (C=O) groups excluding carboxylic acids is 2. The first-order valence-electron chi connectivity index (χ1n) is 11.2. The fourth-order valence-electron chi connectivity index (χ4n) is 4.43. The van der Waals surface area contributed by atoms with E-state index in [9.17, 15) is 9.59 Å². The number of aromatic nitrogens is 3. The molecule has 33 heavy (non-hydrogen) atoms. The summed E-state index contributed by atoms with van der Waals surface area (Å²) < 4.78 is 13.7. The lowest BCUT2D eigenvalue weighted by atomic mass is 9.99. The summed E-state index contributed by atoms with van der Waals surface area (Å²) in [6.45, 7) is 1.46. The molecule has 3 aromatic rings. The van der Waals surface area contributed by atoms with Crippen LogP contribution in [0.4, 0.5) is 5.82 Å². The maximum atomic E-state index is 12.9. The number of anilines is 1. The Morgan fingerprint density at radius 2 is 2.03 bits per heavy atom. The number of fused-ring (bicyclic) bond motifs is 2. The number of benzene rings is 1. The van der Waals surface area contributed by atoms with Crippen LogP contribution in [0.25, 0.3) is 0 Å². The first kappa shape index (κ1) is 21.3. The Balaban J connectivity index is 1.22. The summed E-state index contributed by atoms with van der Waals surface area (Å²) in [5, 5.41) is 4.54. The Morgan fingerprint density at radius 3 is 2.88 bits per heavy atom. The van der Waals surface area contributed by atoms with Gasteiger partial charge >= 0.3 is 0 Å². The first-order chi connectivity index (χ1) is 16.1. The molecule has 2 aromatic heterocycles. The van der Waals surface area contributed by atoms with Crippen LogP contribution in [0, 0.1) is 5.92 Å². The highest BCUT2D eigenvalue weighted by molar-refractivity contribution is 5.96. The molecular formula is C25H26N4O4. The van der Waals surface area contributed by atoms with Crippen molar-refractivity contribution in [2.45, 2.75) is 31.9 Å². The van der Waals surface area contributed by atoms with Crippen LogP contribution in [0.3, 0.4) is 0 Å². The third-order valence-corrected chi connectivity index (χ3v) is 6.20. The number of nitrogens with zero attached hydrogens (tertiary/aromatic N) is 4. The number of hydrogen-bond donors (Lipinski definition) is 0. The Labute approximate surface area is 192 Å². The van der Waals surface area contributed by atoms with Crippen molar-refractivity contribution in [2.75, 3.05) is 25.2 Å². The molecule has 0 saturated heterocycles. The summed E-state index contributed by atoms with van der Waals surface area (Å²) >= 11 is 0. The zero-order valence-electron chi connectivity index (χ0n) is 18.5. The van der Waals surface area contributed by atoms with E-state index in [1.165, 1.54) is 0 Å². The highest BCUT2D eigenvalue weighted by Gasteiger charge is 2.30. The van der Waals surface area contributed by atoms with Crippen LogP contribution in [0.2, 0.25) is 0 Å². The molecule has 4 heterocycles. The van der Waals surface area contributed by atoms with E-state index in [4.69, 9.17) is 9.47 Å². The van der Waals surface area contributed by atoms with Gasteiger partial charge in [-0.1, -0.05) is 30.3 Å². The fraction of sp³-hybridized carbons (Fsp3) is 0.360. The van der Waals surface area contributed by atoms with Gasteiger partial charge in [0.1, 0.15) is 18.4 Å². The largest absolute Gasteiger partial charge is 0.489 e. The minimum absolute atomic E-state index is 0.0241. The molecule has 2 atom stereocenters. The van der Waals surface area contributed by atoms with Crippen LogP contribution in [0.5, 0.6) is 5.75 Å². The molecule has 0 fully saturated rings. The second kappa shape index (κ2) is 9.15. The summed E-state index contributed by atoms with van der Waals surface area (Å²) in [4.78, 5) is 31.5. The van der Waals surface area contributed by atoms with Crippen LogP contribution in [-0.2, 0) is 16.1 Å². The maximum Gasteiger partial charge on any atom is 0.234 e. The minimum Gasteiger partial charge on any atom is -0.489 e. The van der Waals surface area contributed by atoms with Crippen LogP contribution in [0.15, 0.2) is 54.7 Å². The molecule has 1 amide bonds. The molecule has 1 aromatic carbocycles. The zero-order chi connectivity index (χ0) is 22.8. The molecule has 0 aliphatic carbocycles. The summed E-state index contributed by atoms with van der Waals surface area (Å²) in [7, 11) is 1.71. The number of Topliss-reactive ketones (excluding diaryl/α,β-unsaturated/α-hetero) is 1. The van der Waals surface area contributed by atoms with Crippen molar-refractivity contribution >= 4 is 17.5 Å². The van der Waals surface area contributed by atoms with E-state index in [2.05, 4.69) is 10.1 Å². The van der Waals surface area contributed by atoms with E-state index < -0.39 is 0 Å². The Kier molecular flexibility index (Phi) is 5.92. The normalized spacial score (nSPS) is 19.9. The van der Waals surface area contributed by atoms with Gasteiger partial charge < -0.3 is 9.47 Å². The van der Waals surface area contributed by atoms with Crippen LogP contribution in [0.1, 0.15) is 47.1 Å².